The van der Waals surface area contributed by atoms with Gasteiger partial charge in [-0.25, -0.2) is 10.4 Å². The number of hydrazone groups is 1. The van der Waals surface area contributed by atoms with E-state index in [1.165, 1.54) is 12.3 Å². The lowest BCUT2D eigenvalue weighted by atomic mass is 10.2. The first kappa shape index (κ1) is 20.0. The molecule has 0 saturated heterocycles. The second-order valence-corrected chi connectivity index (χ2v) is 6.69. The molecule has 156 valence electrons. The fraction of sp³-hybridized carbons (Fsp3) is 0.0870. The number of rotatable bonds is 6. The number of H-pyrrole nitrogens is 1. The van der Waals surface area contributed by atoms with Gasteiger partial charge in [0, 0.05) is 5.56 Å². The summed E-state index contributed by atoms with van der Waals surface area (Å²) in [6, 6.07) is 16.7. The number of carbonyl (C=O) groups is 1. The molecule has 0 radical (unpaired) electrons. The van der Waals surface area contributed by atoms with Crippen LogP contribution in [0.25, 0.3) is 22.4 Å². The minimum Gasteiger partial charge on any atom is -0.507 e. The Morgan fingerprint density at radius 3 is 2.77 bits per heavy atom. The zero-order valence-electron chi connectivity index (χ0n) is 16.7. The topological polar surface area (TPSA) is 120 Å². The summed E-state index contributed by atoms with van der Waals surface area (Å²) in [5.74, 6) is 0.638. The van der Waals surface area contributed by atoms with E-state index in [0.29, 0.717) is 45.9 Å². The highest BCUT2D eigenvalue weighted by molar-refractivity contribution is 5.98. The Hall–Kier alpha value is -4.33. The lowest BCUT2D eigenvalue weighted by molar-refractivity contribution is 0.0955. The molecule has 8 heteroatoms. The number of nitrogens with zero attached hydrogens (tertiary/aromatic N) is 2. The molecule has 31 heavy (non-hydrogen) atoms. The average Bonchev–Trinajstić information content (AvgIpc) is 3.19. The third kappa shape index (κ3) is 4.32. The van der Waals surface area contributed by atoms with E-state index in [0.717, 1.165) is 0 Å². The molecule has 0 unspecified atom stereocenters. The van der Waals surface area contributed by atoms with Gasteiger partial charge in [-0.2, -0.15) is 5.10 Å². The van der Waals surface area contributed by atoms with E-state index in [2.05, 4.69) is 20.5 Å². The molecule has 0 aliphatic heterocycles. The molecule has 4 aromatic rings. The monoisotopic (exact) mass is 416 g/mol. The van der Waals surface area contributed by atoms with Crippen LogP contribution in [-0.2, 0) is 0 Å². The lowest BCUT2D eigenvalue weighted by Gasteiger charge is -2.06. The molecule has 0 aliphatic carbocycles. The molecule has 0 spiro atoms. The number of aromatic nitrogens is 2. The molecule has 4 N–H and O–H groups in total. The molecule has 3 aromatic carbocycles. The third-order valence-electron chi connectivity index (χ3n) is 4.57. The average molecular weight is 416 g/mol. The summed E-state index contributed by atoms with van der Waals surface area (Å²) in [6.07, 6.45) is 1.46. The van der Waals surface area contributed by atoms with Crippen LogP contribution in [0.5, 0.6) is 17.2 Å². The lowest BCUT2D eigenvalue weighted by Crippen LogP contribution is -2.17. The van der Waals surface area contributed by atoms with Crippen molar-refractivity contribution in [1.82, 2.24) is 15.4 Å². The Bertz CT molecular complexity index is 1280. The molecular formula is C23H20N4O4. The molecule has 1 heterocycles. The number of carbonyl (C=O) groups excluding carboxylic acids is 1. The minimum absolute atomic E-state index is 0.0408. The number of hydrogen-bond acceptors (Lipinski definition) is 6. The highest BCUT2D eigenvalue weighted by Crippen LogP contribution is 2.28. The number of aromatic hydroxyl groups is 2. The highest BCUT2D eigenvalue weighted by Gasteiger charge is 2.11. The Labute approximate surface area is 177 Å². The van der Waals surface area contributed by atoms with Crippen LogP contribution in [0.3, 0.4) is 0 Å². The fourth-order valence-corrected chi connectivity index (χ4v) is 3.06. The van der Waals surface area contributed by atoms with Gasteiger partial charge >= 0.3 is 0 Å². The van der Waals surface area contributed by atoms with Gasteiger partial charge in [0.15, 0.2) is 11.5 Å². The standard InChI is InChI=1S/C23H20N4O4/c1-2-31-21-11-14(7-10-20(21)29)13-24-27-23(30)15-8-9-17-18(12-15)26-22(25-17)16-5-3-4-6-19(16)28/h3-13,28-29H,2H2,1H3,(H,25,26)(H,27,30)/b24-13+. The van der Waals surface area contributed by atoms with Crippen molar-refractivity contribution in [2.45, 2.75) is 6.92 Å². The second kappa shape index (κ2) is 8.58. The number of ether oxygens (including phenoxy) is 1. The fourth-order valence-electron chi connectivity index (χ4n) is 3.06. The summed E-state index contributed by atoms with van der Waals surface area (Å²) >= 11 is 0. The van der Waals surface area contributed by atoms with E-state index in [9.17, 15) is 15.0 Å². The number of aromatic amines is 1. The van der Waals surface area contributed by atoms with Crippen molar-refractivity contribution >= 4 is 23.2 Å². The number of imidazole rings is 1. The third-order valence-corrected chi connectivity index (χ3v) is 4.57. The van der Waals surface area contributed by atoms with E-state index in [-0.39, 0.29) is 17.4 Å². The van der Waals surface area contributed by atoms with Gasteiger partial charge in [-0.1, -0.05) is 12.1 Å². The molecule has 0 bridgehead atoms. The number of phenols is 2. The van der Waals surface area contributed by atoms with Crippen LogP contribution in [-0.4, -0.2) is 38.9 Å². The predicted octanol–water partition coefficient (Wildman–Crippen LogP) is 3.80. The van der Waals surface area contributed by atoms with Gasteiger partial charge in [0.1, 0.15) is 11.6 Å². The highest BCUT2D eigenvalue weighted by atomic mass is 16.5. The van der Waals surface area contributed by atoms with Gasteiger partial charge in [-0.05, 0) is 61.0 Å². The van der Waals surface area contributed by atoms with Gasteiger partial charge in [0.2, 0.25) is 0 Å². The second-order valence-electron chi connectivity index (χ2n) is 6.69. The molecule has 8 nitrogen and oxygen atoms in total. The summed E-state index contributed by atoms with van der Waals surface area (Å²) in [5, 5.41) is 23.7. The normalized spacial score (nSPS) is 11.1. The maximum atomic E-state index is 12.5. The van der Waals surface area contributed by atoms with Crippen molar-refractivity contribution in [3.63, 3.8) is 0 Å². The number of benzene rings is 3. The van der Waals surface area contributed by atoms with E-state index < -0.39 is 0 Å². The van der Waals surface area contributed by atoms with Crippen LogP contribution in [0.2, 0.25) is 0 Å². The quantitative estimate of drug-likeness (QED) is 0.281. The summed E-state index contributed by atoms with van der Waals surface area (Å²) in [6.45, 7) is 2.25. The van der Waals surface area contributed by atoms with Crippen molar-refractivity contribution < 1.29 is 19.7 Å². The number of nitrogens with one attached hydrogen (secondary N) is 2. The molecule has 0 saturated carbocycles. The largest absolute Gasteiger partial charge is 0.507 e. The molecule has 4 rings (SSSR count). The Kier molecular flexibility index (Phi) is 5.53. The van der Waals surface area contributed by atoms with Gasteiger partial charge in [-0.3, -0.25) is 4.79 Å². The van der Waals surface area contributed by atoms with Crippen LogP contribution in [0.1, 0.15) is 22.8 Å². The first-order valence-electron chi connectivity index (χ1n) is 9.62. The first-order valence-corrected chi connectivity index (χ1v) is 9.62. The Morgan fingerprint density at radius 1 is 1.13 bits per heavy atom. The molecule has 1 aromatic heterocycles. The molecule has 1 amide bonds. The van der Waals surface area contributed by atoms with Crippen LogP contribution in [0, 0.1) is 0 Å². The zero-order chi connectivity index (χ0) is 21.8. The van der Waals surface area contributed by atoms with Gasteiger partial charge in [-0.15, -0.1) is 0 Å². The van der Waals surface area contributed by atoms with Crippen LogP contribution < -0.4 is 10.2 Å². The van der Waals surface area contributed by atoms with E-state index >= 15 is 0 Å². The number of fused-ring (bicyclic) bond motifs is 1. The van der Waals surface area contributed by atoms with Crippen molar-refractivity contribution in [3.8, 4) is 28.6 Å². The first-order chi connectivity index (χ1) is 15.0. The zero-order valence-corrected chi connectivity index (χ0v) is 16.7. The van der Waals surface area contributed by atoms with Gasteiger partial charge in [0.25, 0.3) is 5.91 Å². The predicted molar refractivity (Wildman–Crippen MR) is 118 cm³/mol. The number of phenolic OH excluding ortho intramolecular Hbond substituents is 2. The van der Waals surface area contributed by atoms with Crippen molar-refractivity contribution in [2.75, 3.05) is 6.61 Å². The molecule has 0 fully saturated rings. The van der Waals surface area contributed by atoms with Crippen LogP contribution in [0.15, 0.2) is 65.8 Å². The molecule has 0 aliphatic rings. The van der Waals surface area contributed by atoms with Crippen molar-refractivity contribution in [1.29, 1.82) is 0 Å². The Morgan fingerprint density at radius 2 is 1.97 bits per heavy atom. The van der Waals surface area contributed by atoms with Crippen molar-refractivity contribution in [3.05, 3.63) is 71.8 Å². The van der Waals surface area contributed by atoms with Crippen LogP contribution in [0.4, 0.5) is 0 Å². The van der Waals surface area contributed by atoms with E-state index in [1.807, 2.05) is 13.0 Å². The summed E-state index contributed by atoms with van der Waals surface area (Å²) in [5.41, 5.74) is 5.46. The number of hydrogen-bond donors (Lipinski definition) is 4. The SMILES string of the molecule is CCOc1cc(/C=N/NC(=O)c2ccc3nc(-c4ccccc4O)[nH]c3c2)ccc1O. The van der Waals surface area contributed by atoms with Crippen molar-refractivity contribution in [2.24, 2.45) is 5.10 Å². The van der Waals surface area contributed by atoms with Crippen LogP contribution >= 0.6 is 0 Å². The number of para-hydroxylation sites is 1. The summed E-state index contributed by atoms with van der Waals surface area (Å²) < 4.78 is 5.33. The maximum Gasteiger partial charge on any atom is 0.271 e. The number of amides is 1. The van der Waals surface area contributed by atoms with E-state index in [4.69, 9.17) is 4.74 Å². The maximum absolute atomic E-state index is 12.5. The smallest absolute Gasteiger partial charge is 0.271 e. The summed E-state index contributed by atoms with van der Waals surface area (Å²) in [7, 11) is 0. The van der Waals surface area contributed by atoms with Gasteiger partial charge in [0.05, 0.1) is 29.4 Å². The molecule has 0 atom stereocenters. The van der Waals surface area contributed by atoms with Gasteiger partial charge < -0.3 is 19.9 Å². The Balaban J connectivity index is 1.50. The summed E-state index contributed by atoms with van der Waals surface area (Å²) in [4.78, 5) is 20.1. The molecular weight excluding hydrogens is 396 g/mol. The minimum atomic E-state index is -0.388. The van der Waals surface area contributed by atoms with E-state index in [1.54, 1.807) is 48.5 Å².